The van der Waals surface area contributed by atoms with Crippen LogP contribution in [0.3, 0.4) is 0 Å². The molecule has 0 aromatic heterocycles. The van der Waals surface area contributed by atoms with Crippen LogP contribution in [0.15, 0.2) is 54.6 Å². The van der Waals surface area contributed by atoms with Gasteiger partial charge in [0.15, 0.2) is 5.78 Å². The van der Waals surface area contributed by atoms with Crippen molar-refractivity contribution in [1.29, 1.82) is 0 Å². The van der Waals surface area contributed by atoms with E-state index in [2.05, 4.69) is 16.0 Å². The number of aliphatic hydroxyl groups excluding tert-OH is 1. The molecule has 2 aliphatic carbocycles. The van der Waals surface area contributed by atoms with Gasteiger partial charge in [0.1, 0.15) is 17.8 Å². The van der Waals surface area contributed by atoms with Crippen molar-refractivity contribution >= 4 is 23.5 Å². The van der Waals surface area contributed by atoms with Crippen molar-refractivity contribution in [1.82, 2.24) is 16.0 Å². The number of carbonyl (C=O) groups excluding carboxylic acids is 4. The maximum Gasteiger partial charge on any atom is 0.243 e. The molecule has 2 fully saturated rings. The highest BCUT2D eigenvalue weighted by atomic mass is 16.5. The molecule has 2 saturated carbocycles. The molecule has 2 aromatic carbocycles. The van der Waals surface area contributed by atoms with Crippen molar-refractivity contribution in [2.75, 3.05) is 7.11 Å². The van der Waals surface area contributed by atoms with E-state index in [0.29, 0.717) is 37.9 Å². The van der Waals surface area contributed by atoms with Crippen molar-refractivity contribution in [2.24, 2.45) is 11.3 Å². The van der Waals surface area contributed by atoms with Crippen LogP contribution in [0, 0.1) is 11.3 Å². The minimum absolute atomic E-state index is 0.00698. The zero-order valence-electron chi connectivity index (χ0n) is 24.7. The first-order valence-corrected chi connectivity index (χ1v) is 14.9. The van der Waals surface area contributed by atoms with Gasteiger partial charge in [-0.15, -0.1) is 0 Å². The molecule has 0 radical (unpaired) electrons. The Hall–Kier alpha value is -3.72. The van der Waals surface area contributed by atoms with Crippen LogP contribution in [0.4, 0.5) is 0 Å². The number of ether oxygens (including phenoxy) is 1. The predicted molar refractivity (Wildman–Crippen MR) is 159 cm³/mol. The SMILES string of the molecule is COc1ccc(C[C@H](NC(=O)[C@@H](C)NC(=O)[C@H]2CC[C@H](O)CC2)C(=O)N[C@@H](Cc2ccccc2)C(=O)C2(C)CC2)cc1. The molecule has 0 saturated heterocycles. The van der Waals surface area contributed by atoms with Crippen LogP contribution in [0.5, 0.6) is 5.75 Å². The van der Waals surface area contributed by atoms with Crippen molar-refractivity contribution in [2.45, 2.75) is 89.4 Å². The Kier molecular flexibility index (Phi) is 10.4. The zero-order valence-corrected chi connectivity index (χ0v) is 24.7. The van der Waals surface area contributed by atoms with Crippen LogP contribution >= 0.6 is 0 Å². The number of ketones is 1. The lowest BCUT2D eigenvalue weighted by Gasteiger charge is -2.27. The summed E-state index contributed by atoms with van der Waals surface area (Å²) in [4.78, 5) is 53.3. The number of nitrogens with one attached hydrogen (secondary N) is 3. The molecular formula is C33H43N3O6. The maximum atomic E-state index is 13.8. The normalized spacial score (nSPS) is 21.2. The van der Waals surface area contributed by atoms with Gasteiger partial charge in [0.05, 0.1) is 19.3 Å². The number of amides is 3. The van der Waals surface area contributed by atoms with Gasteiger partial charge in [0, 0.05) is 17.8 Å². The second kappa shape index (κ2) is 14.0. The zero-order chi connectivity index (χ0) is 30.3. The number of carbonyl (C=O) groups is 4. The minimum Gasteiger partial charge on any atom is -0.497 e. The predicted octanol–water partition coefficient (Wildman–Crippen LogP) is 2.88. The first kappa shape index (κ1) is 31.2. The summed E-state index contributed by atoms with van der Waals surface area (Å²) in [5, 5.41) is 18.3. The number of benzene rings is 2. The van der Waals surface area contributed by atoms with Crippen LogP contribution in [0.1, 0.15) is 63.5 Å². The molecule has 4 N–H and O–H groups in total. The molecule has 2 aromatic rings. The van der Waals surface area contributed by atoms with Crippen molar-refractivity contribution in [3.05, 3.63) is 65.7 Å². The van der Waals surface area contributed by atoms with Gasteiger partial charge in [-0.25, -0.2) is 0 Å². The average molecular weight is 578 g/mol. The minimum atomic E-state index is -0.979. The summed E-state index contributed by atoms with van der Waals surface area (Å²) in [6.07, 6.45) is 3.99. The number of aliphatic hydroxyl groups is 1. The standard InChI is InChI=1S/C33H43N3O6/c1-21(34-31(40)24-11-13-25(37)14-12-24)30(39)36-28(20-23-9-15-26(42-3)16-10-23)32(41)35-27(29(38)33(2)17-18-33)19-22-7-5-4-6-8-22/h4-10,15-16,21,24-25,27-28,37H,11-14,17-20H2,1-3H3,(H,34,40)(H,35,41)(H,36,39)/t21-,24-,25-,27+,28+/m1/s1. The molecule has 0 aliphatic heterocycles. The van der Waals surface area contributed by atoms with Crippen LogP contribution < -0.4 is 20.7 Å². The second-order valence-electron chi connectivity index (χ2n) is 12.0. The van der Waals surface area contributed by atoms with E-state index in [-0.39, 0.29) is 30.1 Å². The third-order valence-electron chi connectivity index (χ3n) is 8.56. The molecule has 0 heterocycles. The quantitative estimate of drug-likeness (QED) is 0.289. The Morgan fingerprint density at radius 3 is 2.00 bits per heavy atom. The average Bonchev–Trinajstić information content (AvgIpc) is 3.75. The van der Waals surface area contributed by atoms with Crippen LogP contribution in [0.2, 0.25) is 0 Å². The topological polar surface area (TPSA) is 134 Å². The molecule has 226 valence electrons. The molecule has 42 heavy (non-hydrogen) atoms. The smallest absolute Gasteiger partial charge is 0.243 e. The summed E-state index contributed by atoms with van der Waals surface area (Å²) in [6, 6.07) is 14.2. The number of rotatable bonds is 13. The fourth-order valence-corrected chi connectivity index (χ4v) is 5.42. The lowest BCUT2D eigenvalue weighted by molar-refractivity contribution is -0.134. The molecule has 0 unspecified atom stereocenters. The van der Waals surface area contributed by atoms with Gasteiger partial charge in [-0.05, 0) is 75.1 Å². The summed E-state index contributed by atoms with van der Waals surface area (Å²) in [6.45, 7) is 3.51. The molecule has 3 atom stereocenters. The van der Waals surface area contributed by atoms with Crippen LogP contribution in [-0.2, 0) is 32.0 Å². The van der Waals surface area contributed by atoms with Gasteiger partial charge in [-0.1, -0.05) is 49.4 Å². The summed E-state index contributed by atoms with van der Waals surface area (Å²) in [5.41, 5.74) is 1.28. The fourth-order valence-electron chi connectivity index (χ4n) is 5.42. The van der Waals surface area contributed by atoms with E-state index in [4.69, 9.17) is 4.74 Å². The summed E-state index contributed by atoms with van der Waals surface area (Å²) in [5.74, 6) is -0.776. The molecule has 4 rings (SSSR count). The van der Waals surface area contributed by atoms with Crippen LogP contribution in [0.25, 0.3) is 0 Å². The summed E-state index contributed by atoms with van der Waals surface area (Å²) < 4.78 is 5.24. The molecule has 2 aliphatic rings. The molecular weight excluding hydrogens is 534 g/mol. The summed E-state index contributed by atoms with van der Waals surface area (Å²) in [7, 11) is 1.57. The van der Waals surface area contributed by atoms with E-state index < -0.39 is 35.4 Å². The van der Waals surface area contributed by atoms with Crippen molar-refractivity contribution in [3.63, 3.8) is 0 Å². The maximum absolute atomic E-state index is 13.8. The van der Waals surface area contributed by atoms with Gasteiger partial charge < -0.3 is 25.8 Å². The monoisotopic (exact) mass is 577 g/mol. The Morgan fingerprint density at radius 2 is 1.40 bits per heavy atom. The molecule has 9 heteroatoms. The lowest BCUT2D eigenvalue weighted by atomic mass is 9.87. The Balaban J connectivity index is 1.48. The van der Waals surface area contributed by atoms with E-state index >= 15 is 0 Å². The number of hydrogen-bond acceptors (Lipinski definition) is 6. The number of Topliss-reactive ketones (excluding diaryl/α,β-unsaturated/α-hetero) is 1. The Labute approximate surface area is 247 Å². The van der Waals surface area contributed by atoms with Crippen molar-refractivity contribution in [3.8, 4) is 5.75 Å². The Morgan fingerprint density at radius 1 is 0.833 bits per heavy atom. The highest BCUT2D eigenvalue weighted by Crippen LogP contribution is 2.46. The summed E-state index contributed by atoms with van der Waals surface area (Å²) >= 11 is 0. The van der Waals surface area contributed by atoms with Gasteiger partial charge in [0.25, 0.3) is 0 Å². The number of hydrogen-bond donors (Lipinski definition) is 4. The highest BCUT2D eigenvalue weighted by molar-refractivity contribution is 5.97. The highest BCUT2D eigenvalue weighted by Gasteiger charge is 2.48. The fraction of sp³-hybridized carbons (Fsp3) is 0.515. The van der Waals surface area contributed by atoms with E-state index in [1.54, 1.807) is 26.2 Å². The van der Waals surface area contributed by atoms with Crippen molar-refractivity contribution < 1.29 is 29.0 Å². The first-order valence-electron chi connectivity index (χ1n) is 14.9. The van der Waals surface area contributed by atoms with Crippen LogP contribution in [-0.4, -0.2) is 60.0 Å². The second-order valence-corrected chi connectivity index (χ2v) is 12.0. The third kappa shape index (κ3) is 8.41. The molecule has 3 amide bonds. The van der Waals surface area contributed by atoms with E-state index in [1.807, 2.05) is 49.4 Å². The molecule has 9 nitrogen and oxygen atoms in total. The Bertz CT molecular complexity index is 1240. The van der Waals surface area contributed by atoms with Gasteiger partial charge in [-0.3, -0.25) is 19.2 Å². The van der Waals surface area contributed by atoms with E-state index in [9.17, 15) is 24.3 Å². The van der Waals surface area contributed by atoms with E-state index in [1.165, 1.54) is 0 Å². The third-order valence-corrected chi connectivity index (χ3v) is 8.56. The lowest BCUT2D eigenvalue weighted by Crippen LogP contribution is -2.57. The van der Waals surface area contributed by atoms with Gasteiger partial charge in [-0.2, -0.15) is 0 Å². The first-order chi connectivity index (χ1) is 20.1. The number of methoxy groups -OCH3 is 1. The van der Waals surface area contributed by atoms with Gasteiger partial charge >= 0.3 is 0 Å². The van der Waals surface area contributed by atoms with E-state index in [0.717, 1.165) is 24.0 Å². The largest absolute Gasteiger partial charge is 0.497 e. The van der Waals surface area contributed by atoms with Gasteiger partial charge in [0.2, 0.25) is 17.7 Å². The molecule has 0 bridgehead atoms. The molecule has 0 spiro atoms.